The highest BCUT2D eigenvalue weighted by molar-refractivity contribution is 6.02. The highest BCUT2D eigenvalue weighted by Gasteiger charge is 2.25. The number of nitrogens with zero attached hydrogens (tertiary/aromatic N) is 3. The predicted octanol–water partition coefficient (Wildman–Crippen LogP) is 4.46. The average Bonchev–Trinajstić information content (AvgIpc) is 3.52. The quantitative estimate of drug-likeness (QED) is 0.217. The number of H-pyrrole nitrogens is 2. The number of Topliss-reactive ketones (excluding diaryl/α,β-unsaturated/α-hetero) is 1. The van der Waals surface area contributed by atoms with Gasteiger partial charge in [-0.15, -0.1) is 0 Å². The number of aryl methyl sites for hydroxylation is 1. The molecule has 5 N–H and O–H groups in total. The van der Waals surface area contributed by atoms with E-state index in [2.05, 4.69) is 30.2 Å². The van der Waals surface area contributed by atoms with E-state index in [-0.39, 0.29) is 18.1 Å². The Morgan fingerprint density at radius 2 is 1.84 bits per heavy atom. The normalized spacial score (nSPS) is 12.1. The number of hydrogen-bond acceptors (Lipinski definition) is 6. The minimum absolute atomic E-state index is 0.0829. The lowest BCUT2D eigenvalue weighted by Gasteiger charge is -2.27. The van der Waals surface area contributed by atoms with Gasteiger partial charge in [-0.1, -0.05) is 30.3 Å². The minimum Gasteiger partial charge on any atom is -0.384 e. The van der Waals surface area contributed by atoms with Crippen molar-refractivity contribution in [2.45, 2.75) is 20.3 Å². The van der Waals surface area contributed by atoms with Crippen LogP contribution in [0.1, 0.15) is 29.5 Å². The fourth-order valence-electron chi connectivity index (χ4n) is 4.89. The Kier molecular flexibility index (Phi) is 6.83. The van der Waals surface area contributed by atoms with Crippen LogP contribution in [0.3, 0.4) is 0 Å². The second-order valence-corrected chi connectivity index (χ2v) is 9.41. The summed E-state index contributed by atoms with van der Waals surface area (Å²) >= 11 is 0. The SMILES string of the molecule is CCN(C[C@H](CC(=O)c1ccc2cc(-c3cc(N)nc4nc(C)[nH]c34)[nH]c2c1)C(=O)NC)c1ccccc1. The number of rotatable bonds is 9. The third-order valence-electron chi connectivity index (χ3n) is 6.83. The number of amides is 1. The molecule has 0 unspecified atom stereocenters. The van der Waals surface area contributed by atoms with Crippen LogP contribution in [-0.4, -0.2) is 51.8 Å². The molecule has 0 saturated carbocycles. The van der Waals surface area contributed by atoms with Gasteiger partial charge in [0.2, 0.25) is 5.91 Å². The first-order valence-electron chi connectivity index (χ1n) is 12.7. The lowest BCUT2D eigenvalue weighted by Crippen LogP contribution is -2.39. The van der Waals surface area contributed by atoms with E-state index in [4.69, 9.17) is 5.73 Å². The fraction of sp³-hybridized carbons (Fsp3) is 0.241. The van der Waals surface area contributed by atoms with Gasteiger partial charge in [0.05, 0.1) is 11.4 Å². The molecule has 0 fully saturated rings. The van der Waals surface area contributed by atoms with E-state index < -0.39 is 5.92 Å². The summed E-state index contributed by atoms with van der Waals surface area (Å²) in [5.41, 5.74) is 11.5. The lowest BCUT2D eigenvalue weighted by atomic mass is 9.96. The van der Waals surface area contributed by atoms with Crippen LogP contribution in [0.4, 0.5) is 11.5 Å². The third kappa shape index (κ3) is 4.95. The van der Waals surface area contributed by atoms with Crippen LogP contribution in [-0.2, 0) is 4.79 Å². The second kappa shape index (κ2) is 10.4. The molecule has 9 nitrogen and oxygen atoms in total. The largest absolute Gasteiger partial charge is 0.384 e. The predicted molar refractivity (Wildman–Crippen MR) is 151 cm³/mol. The first-order valence-corrected chi connectivity index (χ1v) is 12.7. The maximum absolute atomic E-state index is 13.4. The Morgan fingerprint density at radius 3 is 2.58 bits per heavy atom. The molecular formula is C29H31N7O2. The van der Waals surface area contributed by atoms with Gasteiger partial charge in [-0.2, -0.15) is 0 Å². The van der Waals surface area contributed by atoms with Crippen molar-refractivity contribution in [3.8, 4) is 11.3 Å². The van der Waals surface area contributed by atoms with E-state index in [1.165, 1.54) is 0 Å². The Hall–Kier alpha value is -4.66. The van der Waals surface area contributed by atoms with E-state index in [9.17, 15) is 9.59 Å². The number of anilines is 2. The van der Waals surface area contributed by atoms with E-state index in [0.29, 0.717) is 23.6 Å². The summed E-state index contributed by atoms with van der Waals surface area (Å²) < 4.78 is 0. The molecule has 1 amide bonds. The zero-order chi connectivity index (χ0) is 26.8. The fourth-order valence-corrected chi connectivity index (χ4v) is 4.89. The van der Waals surface area contributed by atoms with Crippen molar-refractivity contribution in [1.29, 1.82) is 0 Å². The van der Waals surface area contributed by atoms with Crippen molar-refractivity contribution in [3.63, 3.8) is 0 Å². The number of ketones is 1. The second-order valence-electron chi connectivity index (χ2n) is 9.41. The molecule has 5 rings (SSSR count). The van der Waals surface area contributed by atoms with Gasteiger partial charge in [-0.05, 0) is 44.2 Å². The molecule has 2 aromatic carbocycles. The molecule has 0 bridgehead atoms. The number of para-hydroxylation sites is 1. The molecule has 5 aromatic rings. The van der Waals surface area contributed by atoms with Crippen LogP contribution < -0.4 is 16.0 Å². The number of aromatic amines is 2. The van der Waals surface area contributed by atoms with Crippen molar-refractivity contribution in [2.75, 3.05) is 30.8 Å². The highest BCUT2D eigenvalue weighted by Crippen LogP contribution is 2.31. The number of pyridine rings is 1. The van der Waals surface area contributed by atoms with Crippen LogP contribution in [0.5, 0.6) is 0 Å². The minimum atomic E-state index is -0.487. The molecule has 0 aliphatic rings. The highest BCUT2D eigenvalue weighted by atomic mass is 16.2. The summed E-state index contributed by atoms with van der Waals surface area (Å²) in [4.78, 5) is 43.6. The number of fused-ring (bicyclic) bond motifs is 2. The first kappa shape index (κ1) is 25.0. The maximum atomic E-state index is 13.4. The standard InChI is InChI=1S/C29H31N7O2/c1-4-36(21-8-6-5-7-9-21)16-20(29(38)31-3)14-25(37)19-11-10-18-12-24(34-23(18)13-19)22-15-26(30)35-28-27(22)32-17(2)33-28/h5-13,15,20,34H,4,14,16H2,1-3H3,(H,31,38)(H3,30,32,33,35)/t20-/m0/s1. The van der Waals surface area contributed by atoms with Crippen molar-refractivity contribution >= 4 is 45.3 Å². The molecule has 3 aromatic heterocycles. The summed E-state index contributed by atoms with van der Waals surface area (Å²) in [7, 11) is 1.61. The summed E-state index contributed by atoms with van der Waals surface area (Å²) in [5, 5.41) is 3.69. The molecule has 1 atom stereocenters. The Labute approximate surface area is 220 Å². The molecule has 3 heterocycles. The molecule has 0 spiro atoms. The topological polar surface area (TPSA) is 133 Å². The summed E-state index contributed by atoms with van der Waals surface area (Å²) in [6, 6.07) is 19.3. The lowest BCUT2D eigenvalue weighted by molar-refractivity contribution is -0.124. The van der Waals surface area contributed by atoms with Crippen LogP contribution in [0, 0.1) is 12.8 Å². The monoisotopic (exact) mass is 509 g/mol. The number of nitrogens with two attached hydrogens (primary N) is 1. The number of hydrogen-bond donors (Lipinski definition) is 4. The van der Waals surface area contributed by atoms with Crippen LogP contribution in [0.25, 0.3) is 33.3 Å². The van der Waals surface area contributed by atoms with Gasteiger partial charge in [0, 0.05) is 60.0 Å². The number of aromatic nitrogens is 4. The Balaban J connectivity index is 1.41. The van der Waals surface area contributed by atoms with E-state index in [1.54, 1.807) is 13.1 Å². The molecule has 9 heteroatoms. The van der Waals surface area contributed by atoms with Gasteiger partial charge < -0.3 is 25.9 Å². The zero-order valence-corrected chi connectivity index (χ0v) is 21.7. The molecule has 0 aliphatic carbocycles. The van der Waals surface area contributed by atoms with Crippen molar-refractivity contribution in [3.05, 3.63) is 72.1 Å². The van der Waals surface area contributed by atoms with Gasteiger partial charge in [-0.25, -0.2) is 9.97 Å². The maximum Gasteiger partial charge on any atom is 0.225 e. The Bertz CT molecular complexity index is 1620. The zero-order valence-electron chi connectivity index (χ0n) is 21.7. The van der Waals surface area contributed by atoms with Gasteiger partial charge in [-0.3, -0.25) is 9.59 Å². The Morgan fingerprint density at radius 1 is 1.05 bits per heavy atom. The summed E-state index contributed by atoms with van der Waals surface area (Å²) in [5.74, 6) is 0.415. The summed E-state index contributed by atoms with van der Waals surface area (Å²) in [6.07, 6.45) is 0.108. The number of carbonyl (C=O) groups excluding carboxylic acids is 2. The first-order chi connectivity index (χ1) is 18.4. The van der Waals surface area contributed by atoms with E-state index in [0.717, 1.165) is 45.7 Å². The third-order valence-corrected chi connectivity index (χ3v) is 6.83. The number of carbonyl (C=O) groups is 2. The van der Waals surface area contributed by atoms with Crippen LogP contribution in [0.2, 0.25) is 0 Å². The van der Waals surface area contributed by atoms with Gasteiger partial charge >= 0.3 is 0 Å². The molecule has 194 valence electrons. The van der Waals surface area contributed by atoms with Gasteiger partial charge in [0.25, 0.3) is 0 Å². The molecular weight excluding hydrogens is 478 g/mol. The molecule has 0 radical (unpaired) electrons. The molecule has 0 saturated heterocycles. The van der Waals surface area contributed by atoms with E-state index >= 15 is 0 Å². The van der Waals surface area contributed by atoms with Crippen molar-refractivity contribution in [1.82, 2.24) is 25.3 Å². The smallest absolute Gasteiger partial charge is 0.225 e. The van der Waals surface area contributed by atoms with Gasteiger partial charge in [0.15, 0.2) is 11.4 Å². The molecule has 0 aliphatic heterocycles. The van der Waals surface area contributed by atoms with Crippen molar-refractivity contribution < 1.29 is 9.59 Å². The number of benzene rings is 2. The number of nitrogens with one attached hydrogen (secondary N) is 3. The summed E-state index contributed by atoms with van der Waals surface area (Å²) in [6.45, 7) is 5.09. The number of imidazole rings is 1. The van der Waals surface area contributed by atoms with Crippen molar-refractivity contribution in [2.24, 2.45) is 5.92 Å². The van der Waals surface area contributed by atoms with Crippen LogP contribution >= 0.6 is 0 Å². The average molecular weight is 510 g/mol. The molecule has 38 heavy (non-hydrogen) atoms. The van der Waals surface area contributed by atoms with E-state index in [1.807, 2.05) is 68.4 Å². The van der Waals surface area contributed by atoms with Gasteiger partial charge in [0.1, 0.15) is 11.6 Å². The number of nitrogen functional groups attached to an aromatic ring is 1. The van der Waals surface area contributed by atoms with Crippen LogP contribution in [0.15, 0.2) is 60.7 Å².